The van der Waals surface area contributed by atoms with Crippen molar-refractivity contribution in [1.29, 1.82) is 0 Å². The number of nitrogens with one attached hydrogen (secondary N) is 2. The second-order valence-electron chi connectivity index (χ2n) is 7.86. The molecule has 158 valence electrons. The molecule has 6 nitrogen and oxygen atoms in total. The SMILES string of the molecule is CN=C(NCCCOCC1CCOC1)NCC1CCCN(Cc2cccs2)C1. The number of ether oxygens (including phenoxy) is 2. The molecule has 2 aliphatic rings. The Morgan fingerprint density at radius 2 is 2.32 bits per heavy atom. The molecular formula is C21H36N4O2S. The van der Waals surface area contributed by atoms with Crippen LogP contribution >= 0.6 is 11.3 Å². The molecule has 3 heterocycles. The van der Waals surface area contributed by atoms with Gasteiger partial charge in [-0.2, -0.15) is 0 Å². The summed E-state index contributed by atoms with van der Waals surface area (Å²) in [5, 5.41) is 9.09. The van der Waals surface area contributed by atoms with Gasteiger partial charge in [0.05, 0.1) is 13.2 Å². The van der Waals surface area contributed by atoms with Crippen molar-refractivity contribution in [2.45, 2.75) is 32.2 Å². The van der Waals surface area contributed by atoms with E-state index in [-0.39, 0.29) is 0 Å². The van der Waals surface area contributed by atoms with Crippen LogP contribution in [-0.2, 0) is 16.0 Å². The number of nitrogens with zero attached hydrogens (tertiary/aromatic N) is 2. The van der Waals surface area contributed by atoms with E-state index in [1.807, 2.05) is 18.4 Å². The van der Waals surface area contributed by atoms with Crippen LogP contribution in [0.2, 0.25) is 0 Å². The van der Waals surface area contributed by atoms with Crippen LogP contribution in [0.4, 0.5) is 0 Å². The molecule has 0 amide bonds. The molecule has 0 bridgehead atoms. The number of rotatable bonds is 10. The van der Waals surface area contributed by atoms with Crippen molar-refractivity contribution >= 4 is 17.3 Å². The number of aliphatic imine (C=N–C) groups is 1. The van der Waals surface area contributed by atoms with Crippen molar-refractivity contribution in [3.8, 4) is 0 Å². The molecule has 2 atom stereocenters. The summed E-state index contributed by atoms with van der Waals surface area (Å²) in [6, 6.07) is 4.39. The third-order valence-electron chi connectivity index (χ3n) is 5.48. The Morgan fingerprint density at radius 1 is 1.36 bits per heavy atom. The van der Waals surface area contributed by atoms with Crippen LogP contribution in [0, 0.1) is 11.8 Å². The molecule has 1 aromatic rings. The number of hydrogen-bond donors (Lipinski definition) is 2. The summed E-state index contributed by atoms with van der Waals surface area (Å²) in [5.74, 6) is 2.18. The normalized spacial score (nSPS) is 23.8. The minimum atomic E-state index is 0.595. The summed E-state index contributed by atoms with van der Waals surface area (Å²) < 4.78 is 11.1. The first-order valence-electron chi connectivity index (χ1n) is 10.7. The predicted molar refractivity (Wildman–Crippen MR) is 116 cm³/mol. The number of piperidine rings is 1. The Hall–Kier alpha value is -1.15. The maximum Gasteiger partial charge on any atom is 0.190 e. The molecule has 2 saturated heterocycles. The monoisotopic (exact) mass is 408 g/mol. The quantitative estimate of drug-likeness (QED) is 0.354. The van der Waals surface area contributed by atoms with Crippen LogP contribution in [0.5, 0.6) is 0 Å². The van der Waals surface area contributed by atoms with E-state index in [1.54, 1.807) is 0 Å². The Morgan fingerprint density at radius 3 is 3.11 bits per heavy atom. The summed E-state index contributed by atoms with van der Waals surface area (Å²) in [7, 11) is 1.84. The highest BCUT2D eigenvalue weighted by Gasteiger charge is 2.20. The van der Waals surface area contributed by atoms with Gasteiger partial charge in [-0.25, -0.2) is 0 Å². The molecule has 28 heavy (non-hydrogen) atoms. The van der Waals surface area contributed by atoms with Gasteiger partial charge in [-0.3, -0.25) is 9.89 Å². The highest BCUT2D eigenvalue weighted by Crippen LogP contribution is 2.20. The van der Waals surface area contributed by atoms with Gasteiger partial charge in [0.1, 0.15) is 0 Å². The van der Waals surface area contributed by atoms with Crippen molar-refractivity contribution < 1.29 is 9.47 Å². The Kier molecular flexibility index (Phi) is 9.56. The first-order valence-corrected chi connectivity index (χ1v) is 11.6. The van der Waals surface area contributed by atoms with Gasteiger partial charge >= 0.3 is 0 Å². The van der Waals surface area contributed by atoms with E-state index in [1.165, 1.54) is 30.8 Å². The molecule has 0 aliphatic carbocycles. The molecule has 0 radical (unpaired) electrons. The molecular weight excluding hydrogens is 372 g/mol. The molecule has 0 spiro atoms. The lowest BCUT2D eigenvalue weighted by Crippen LogP contribution is -2.44. The van der Waals surface area contributed by atoms with Gasteiger partial charge < -0.3 is 20.1 Å². The Labute approximate surface area is 173 Å². The van der Waals surface area contributed by atoms with E-state index < -0.39 is 0 Å². The molecule has 7 heteroatoms. The summed E-state index contributed by atoms with van der Waals surface area (Å²) in [6.45, 7) is 8.72. The average Bonchev–Trinajstić information content (AvgIpc) is 3.41. The molecule has 0 aromatic carbocycles. The van der Waals surface area contributed by atoms with E-state index in [4.69, 9.17) is 9.47 Å². The lowest BCUT2D eigenvalue weighted by Gasteiger charge is -2.32. The topological polar surface area (TPSA) is 58.1 Å². The molecule has 1 aromatic heterocycles. The highest BCUT2D eigenvalue weighted by atomic mass is 32.1. The summed E-state index contributed by atoms with van der Waals surface area (Å²) >= 11 is 1.86. The fourth-order valence-corrected chi connectivity index (χ4v) is 4.64. The standard InChI is InChI=1S/C21H36N4O2S/c1-22-21(23-8-4-10-26-16-19-7-11-27-17-19)24-13-18-5-2-9-25(14-18)15-20-6-3-12-28-20/h3,6,12,18-19H,2,4-5,7-11,13-17H2,1H3,(H2,22,23,24). The van der Waals surface area contributed by atoms with Gasteiger partial charge in [-0.05, 0) is 49.6 Å². The van der Waals surface area contributed by atoms with Gasteiger partial charge in [0.15, 0.2) is 5.96 Å². The van der Waals surface area contributed by atoms with Crippen molar-refractivity contribution in [2.75, 3.05) is 59.7 Å². The zero-order valence-corrected chi connectivity index (χ0v) is 18.0. The molecule has 2 fully saturated rings. The van der Waals surface area contributed by atoms with Gasteiger partial charge in [0, 0.05) is 57.2 Å². The van der Waals surface area contributed by atoms with Crippen LogP contribution in [0.1, 0.15) is 30.6 Å². The van der Waals surface area contributed by atoms with Crippen LogP contribution in [0.3, 0.4) is 0 Å². The fraction of sp³-hybridized carbons (Fsp3) is 0.762. The lowest BCUT2D eigenvalue weighted by atomic mass is 9.98. The number of guanidine groups is 1. The smallest absolute Gasteiger partial charge is 0.190 e. The first-order chi connectivity index (χ1) is 13.8. The second-order valence-corrected chi connectivity index (χ2v) is 8.89. The van der Waals surface area contributed by atoms with Gasteiger partial charge in [0.2, 0.25) is 0 Å². The number of hydrogen-bond acceptors (Lipinski definition) is 5. The number of thiophene rings is 1. The van der Waals surface area contributed by atoms with E-state index in [9.17, 15) is 0 Å². The molecule has 0 saturated carbocycles. The summed E-state index contributed by atoms with van der Waals surface area (Å²) in [5.41, 5.74) is 0. The maximum atomic E-state index is 5.76. The third-order valence-corrected chi connectivity index (χ3v) is 6.34. The van der Waals surface area contributed by atoms with Crippen molar-refractivity contribution in [3.63, 3.8) is 0 Å². The Bertz CT molecular complexity index is 561. The molecule has 2 N–H and O–H groups in total. The van der Waals surface area contributed by atoms with Crippen LogP contribution < -0.4 is 10.6 Å². The first kappa shape index (κ1) is 21.6. The van der Waals surface area contributed by atoms with Crippen LogP contribution in [0.25, 0.3) is 0 Å². The largest absolute Gasteiger partial charge is 0.381 e. The maximum absolute atomic E-state index is 5.76. The molecule has 2 unspecified atom stereocenters. The average molecular weight is 409 g/mol. The van der Waals surface area contributed by atoms with Crippen molar-refractivity contribution in [1.82, 2.24) is 15.5 Å². The second kappa shape index (κ2) is 12.4. The van der Waals surface area contributed by atoms with Gasteiger partial charge in [0.25, 0.3) is 0 Å². The molecule has 3 rings (SSSR count). The van der Waals surface area contributed by atoms with Crippen LogP contribution in [-0.4, -0.2) is 70.5 Å². The highest BCUT2D eigenvalue weighted by molar-refractivity contribution is 7.09. The van der Waals surface area contributed by atoms with E-state index in [0.717, 1.165) is 64.9 Å². The fourth-order valence-electron chi connectivity index (χ4n) is 3.89. The lowest BCUT2D eigenvalue weighted by molar-refractivity contribution is 0.0888. The third kappa shape index (κ3) is 7.70. The predicted octanol–water partition coefficient (Wildman–Crippen LogP) is 2.57. The van der Waals surface area contributed by atoms with Gasteiger partial charge in [-0.1, -0.05) is 6.07 Å². The summed E-state index contributed by atoms with van der Waals surface area (Å²) in [6.07, 6.45) is 4.71. The van der Waals surface area contributed by atoms with Crippen LogP contribution in [0.15, 0.2) is 22.5 Å². The Balaban J connectivity index is 1.25. The summed E-state index contributed by atoms with van der Waals surface area (Å²) in [4.78, 5) is 8.41. The number of likely N-dealkylation sites (tertiary alicyclic amines) is 1. The zero-order valence-electron chi connectivity index (χ0n) is 17.2. The zero-order chi connectivity index (χ0) is 19.4. The molecule has 2 aliphatic heterocycles. The van der Waals surface area contributed by atoms with Gasteiger partial charge in [-0.15, -0.1) is 11.3 Å². The van der Waals surface area contributed by atoms with E-state index >= 15 is 0 Å². The van der Waals surface area contributed by atoms with Crippen molar-refractivity contribution in [3.05, 3.63) is 22.4 Å². The minimum Gasteiger partial charge on any atom is -0.381 e. The minimum absolute atomic E-state index is 0.595. The van der Waals surface area contributed by atoms with Crippen molar-refractivity contribution in [2.24, 2.45) is 16.8 Å². The van der Waals surface area contributed by atoms with E-state index in [0.29, 0.717) is 11.8 Å². The van der Waals surface area contributed by atoms with E-state index in [2.05, 4.69) is 38.0 Å².